The van der Waals surface area contributed by atoms with E-state index in [2.05, 4.69) is 10.1 Å². The second-order valence-electron chi connectivity index (χ2n) is 5.91. The van der Waals surface area contributed by atoms with Crippen LogP contribution in [0.2, 0.25) is 0 Å². The van der Waals surface area contributed by atoms with Gasteiger partial charge in [0.2, 0.25) is 0 Å². The summed E-state index contributed by atoms with van der Waals surface area (Å²) in [5.74, 6) is -0.116. The lowest BCUT2D eigenvalue weighted by Gasteiger charge is -2.09. The van der Waals surface area contributed by atoms with Gasteiger partial charge in [0.05, 0.1) is 17.6 Å². The first-order valence-electron chi connectivity index (χ1n) is 8.48. The van der Waals surface area contributed by atoms with Gasteiger partial charge in [-0.3, -0.25) is 14.9 Å². The number of benzene rings is 3. The molecule has 8 heteroatoms. The number of amides is 1. The lowest BCUT2D eigenvalue weighted by molar-refractivity contribution is -0.384. The topological polar surface area (TPSA) is 108 Å². The molecule has 0 heterocycles. The number of para-hydroxylation sites is 1. The van der Waals surface area contributed by atoms with Crippen LogP contribution in [-0.2, 0) is 4.74 Å². The first-order chi connectivity index (χ1) is 14.0. The van der Waals surface area contributed by atoms with Crippen LogP contribution in [-0.4, -0.2) is 23.9 Å². The number of non-ortho nitro benzene ring substituents is 1. The largest absolute Gasteiger partial charge is 0.465 e. The molecule has 0 saturated heterocycles. The molecular weight excluding hydrogens is 376 g/mol. The fourth-order valence-corrected chi connectivity index (χ4v) is 2.52. The minimum Gasteiger partial charge on any atom is -0.465 e. The van der Waals surface area contributed by atoms with Gasteiger partial charge in [-0.15, -0.1) is 0 Å². The maximum absolute atomic E-state index is 12.5. The molecule has 0 aliphatic heterocycles. The number of methoxy groups -OCH3 is 1. The molecule has 146 valence electrons. The number of nitro groups is 1. The molecule has 1 N–H and O–H groups in total. The average Bonchev–Trinajstić information content (AvgIpc) is 2.74. The van der Waals surface area contributed by atoms with Gasteiger partial charge in [0, 0.05) is 23.4 Å². The smallest absolute Gasteiger partial charge is 0.338 e. The number of hydrogen-bond donors (Lipinski definition) is 1. The third-order valence-electron chi connectivity index (χ3n) is 3.90. The fourth-order valence-electron chi connectivity index (χ4n) is 2.52. The Morgan fingerprint density at radius 1 is 0.897 bits per heavy atom. The molecule has 0 fully saturated rings. The molecule has 3 aromatic carbocycles. The molecule has 0 bridgehead atoms. The van der Waals surface area contributed by atoms with E-state index in [1.54, 1.807) is 24.3 Å². The van der Waals surface area contributed by atoms with E-state index in [1.807, 2.05) is 30.3 Å². The highest BCUT2D eigenvalue weighted by Gasteiger charge is 2.18. The maximum Gasteiger partial charge on any atom is 0.338 e. The molecule has 0 aliphatic rings. The van der Waals surface area contributed by atoms with E-state index in [1.165, 1.54) is 6.07 Å². The molecule has 0 aromatic heterocycles. The molecule has 0 unspecified atom stereocenters. The van der Waals surface area contributed by atoms with Crippen LogP contribution >= 0.6 is 0 Å². The average molecular weight is 392 g/mol. The number of nitrogens with one attached hydrogen (secondary N) is 1. The Balaban J connectivity index is 1.76. The third kappa shape index (κ3) is 4.95. The van der Waals surface area contributed by atoms with Gasteiger partial charge in [0.15, 0.2) is 0 Å². The van der Waals surface area contributed by atoms with E-state index in [-0.39, 0.29) is 16.8 Å². The fraction of sp³-hybridized carbons (Fsp3) is 0.0476. The van der Waals surface area contributed by atoms with Gasteiger partial charge in [-0.05, 0) is 42.5 Å². The van der Waals surface area contributed by atoms with E-state index in [4.69, 9.17) is 4.74 Å². The number of ether oxygens (including phenoxy) is 2. The number of anilines is 1. The quantitative estimate of drug-likeness (QED) is 0.378. The summed E-state index contributed by atoms with van der Waals surface area (Å²) in [6.07, 6.45) is 0. The summed E-state index contributed by atoms with van der Waals surface area (Å²) in [5, 5.41) is 13.7. The number of carbonyl (C=O) groups is 2. The van der Waals surface area contributed by atoms with E-state index >= 15 is 0 Å². The SMILES string of the molecule is COC(=O)c1cc(C(=O)Nc2ccc(Oc3ccccc3)cc2)cc([N+](=O)[O-])c1. The molecule has 3 aromatic rings. The number of carbonyl (C=O) groups excluding carboxylic acids is 2. The van der Waals surface area contributed by atoms with Gasteiger partial charge in [-0.1, -0.05) is 18.2 Å². The number of nitrogens with zero attached hydrogens (tertiary/aromatic N) is 1. The minimum atomic E-state index is -0.773. The zero-order valence-corrected chi connectivity index (χ0v) is 15.3. The van der Waals surface area contributed by atoms with E-state index in [0.29, 0.717) is 17.2 Å². The van der Waals surface area contributed by atoms with Crippen LogP contribution < -0.4 is 10.1 Å². The first-order valence-corrected chi connectivity index (χ1v) is 8.48. The molecule has 0 atom stereocenters. The van der Waals surface area contributed by atoms with E-state index in [0.717, 1.165) is 19.2 Å². The highest BCUT2D eigenvalue weighted by molar-refractivity contribution is 6.06. The predicted octanol–water partition coefficient (Wildman–Crippen LogP) is 4.43. The Kier molecular flexibility index (Phi) is 5.84. The Morgan fingerprint density at radius 3 is 2.14 bits per heavy atom. The van der Waals surface area contributed by atoms with Crippen LogP contribution in [0.4, 0.5) is 11.4 Å². The number of rotatable bonds is 6. The predicted molar refractivity (Wildman–Crippen MR) is 105 cm³/mol. The van der Waals surface area contributed by atoms with Crippen molar-refractivity contribution in [3.8, 4) is 11.5 Å². The van der Waals surface area contributed by atoms with Crippen LogP contribution in [0.1, 0.15) is 20.7 Å². The van der Waals surface area contributed by atoms with Gasteiger partial charge < -0.3 is 14.8 Å². The van der Waals surface area contributed by atoms with Crippen LogP contribution in [0.25, 0.3) is 0 Å². The van der Waals surface area contributed by atoms with Gasteiger partial charge >= 0.3 is 5.97 Å². The molecule has 0 aliphatic carbocycles. The molecule has 29 heavy (non-hydrogen) atoms. The molecular formula is C21H16N2O6. The number of nitro benzene ring substituents is 1. The molecule has 0 radical (unpaired) electrons. The molecule has 0 saturated carbocycles. The van der Waals surface area contributed by atoms with Crippen LogP contribution in [0.15, 0.2) is 72.8 Å². The van der Waals surface area contributed by atoms with Crippen LogP contribution in [0, 0.1) is 10.1 Å². The normalized spacial score (nSPS) is 10.1. The van der Waals surface area contributed by atoms with Crippen molar-refractivity contribution in [1.82, 2.24) is 0 Å². The van der Waals surface area contributed by atoms with Crippen molar-refractivity contribution < 1.29 is 24.0 Å². The Morgan fingerprint density at radius 2 is 1.52 bits per heavy atom. The van der Waals surface area contributed by atoms with Crippen molar-refractivity contribution in [1.29, 1.82) is 0 Å². The van der Waals surface area contributed by atoms with E-state index < -0.39 is 16.8 Å². The van der Waals surface area contributed by atoms with Crippen molar-refractivity contribution in [2.24, 2.45) is 0 Å². The summed E-state index contributed by atoms with van der Waals surface area (Å²) in [6, 6.07) is 19.2. The summed E-state index contributed by atoms with van der Waals surface area (Å²) >= 11 is 0. The highest BCUT2D eigenvalue weighted by Crippen LogP contribution is 2.24. The lowest BCUT2D eigenvalue weighted by atomic mass is 10.1. The number of esters is 1. The standard InChI is InChI=1S/C21H16N2O6/c1-28-21(25)15-11-14(12-17(13-15)23(26)27)20(24)22-16-7-9-19(10-8-16)29-18-5-3-2-4-6-18/h2-13H,1H3,(H,22,24). The first kappa shape index (κ1) is 19.6. The Hall–Kier alpha value is -4.20. The molecule has 8 nitrogen and oxygen atoms in total. The van der Waals surface area contributed by atoms with Gasteiger partial charge in [-0.25, -0.2) is 4.79 Å². The summed E-state index contributed by atoms with van der Waals surface area (Å²) in [5.41, 5.74) is -0.0473. The van der Waals surface area contributed by atoms with Crippen molar-refractivity contribution in [2.45, 2.75) is 0 Å². The molecule has 1 amide bonds. The molecule has 3 rings (SSSR count). The zero-order chi connectivity index (χ0) is 20.8. The van der Waals surface area contributed by atoms with Crippen molar-refractivity contribution in [3.05, 3.63) is 94.0 Å². The van der Waals surface area contributed by atoms with Gasteiger partial charge in [0.1, 0.15) is 11.5 Å². The zero-order valence-electron chi connectivity index (χ0n) is 15.3. The summed E-state index contributed by atoms with van der Waals surface area (Å²) < 4.78 is 10.3. The van der Waals surface area contributed by atoms with Crippen molar-refractivity contribution in [2.75, 3.05) is 12.4 Å². The summed E-state index contributed by atoms with van der Waals surface area (Å²) in [6.45, 7) is 0. The minimum absolute atomic E-state index is 0.0378. The summed E-state index contributed by atoms with van der Waals surface area (Å²) in [7, 11) is 1.15. The Bertz CT molecular complexity index is 1050. The second-order valence-corrected chi connectivity index (χ2v) is 5.91. The van der Waals surface area contributed by atoms with Gasteiger partial charge in [0.25, 0.3) is 11.6 Å². The van der Waals surface area contributed by atoms with E-state index in [9.17, 15) is 19.7 Å². The Labute approximate surface area is 165 Å². The maximum atomic E-state index is 12.5. The van der Waals surface area contributed by atoms with Crippen molar-refractivity contribution >= 4 is 23.3 Å². The summed E-state index contributed by atoms with van der Waals surface area (Å²) in [4.78, 5) is 34.6. The third-order valence-corrected chi connectivity index (χ3v) is 3.90. The lowest BCUT2D eigenvalue weighted by Crippen LogP contribution is -2.14. The second kappa shape index (κ2) is 8.66. The van der Waals surface area contributed by atoms with Gasteiger partial charge in [-0.2, -0.15) is 0 Å². The highest BCUT2D eigenvalue weighted by atomic mass is 16.6. The monoisotopic (exact) mass is 392 g/mol. The number of hydrogen-bond acceptors (Lipinski definition) is 6. The van der Waals surface area contributed by atoms with Crippen LogP contribution in [0.5, 0.6) is 11.5 Å². The van der Waals surface area contributed by atoms with Crippen molar-refractivity contribution in [3.63, 3.8) is 0 Å². The molecule has 0 spiro atoms. The van der Waals surface area contributed by atoms with Crippen LogP contribution in [0.3, 0.4) is 0 Å².